The highest BCUT2D eigenvalue weighted by Gasteiger charge is 2.21. The second-order valence-corrected chi connectivity index (χ2v) is 5.10. The normalized spacial score (nSPS) is 21.6. The maximum atomic E-state index is 12.8. The molecule has 2 rings (SSSR count). The lowest BCUT2D eigenvalue weighted by Gasteiger charge is -2.35. The van der Waals surface area contributed by atoms with Gasteiger partial charge in [-0.05, 0) is 43.5 Å². The van der Waals surface area contributed by atoms with Crippen molar-refractivity contribution >= 4 is 11.6 Å². The minimum atomic E-state index is -0.162. The van der Waals surface area contributed by atoms with Gasteiger partial charge in [-0.2, -0.15) is 0 Å². The van der Waals surface area contributed by atoms with Gasteiger partial charge in [0.25, 0.3) is 0 Å². The first-order valence-electron chi connectivity index (χ1n) is 6.34. The summed E-state index contributed by atoms with van der Waals surface area (Å²) >= 11 is 5.85. The third-order valence-electron chi connectivity index (χ3n) is 3.49. The molecule has 0 radical (unpaired) electrons. The van der Waals surface area contributed by atoms with Crippen LogP contribution in [0.25, 0.3) is 0 Å². The molecule has 1 aromatic rings. The maximum absolute atomic E-state index is 12.8. The van der Waals surface area contributed by atoms with Crippen molar-refractivity contribution in [3.05, 3.63) is 35.6 Å². The van der Waals surface area contributed by atoms with Gasteiger partial charge in [0.15, 0.2) is 0 Å². The molecule has 1 aromatic carbocycles. The average Bonchev–Trinajstić information content (AvgIpc) is 2.35. The van der Waals surface area contributed by atoms with E-state index in [-0.39, 0.29) is 5.82 Å². The molecule has 94 valence electrons. The van der Waals surface area contributed by atoms with E-state index in [0.29, 0.717) is 6.04 Å². The Kier molecular flexibility index (Phi) is 4.81. The summed E-state index contributed by atoms with van der Waals surface area (Å²) in [5.41, 5.74) is 1.19. The number of hydrogen-bond acceptors (Lipinski definition) is 1. The fourth-order valence-corrected chi connectivity index (χ4v) is 2.80. The van der Waals surface area contributed by atoms with E-state index in [1.165, 1.54) is 37.0 Å². The van der Waals surface area contributed by atoms with Crippen LogP contribution < -0.4 is 0 Å². The van der Waals surface area contributed by atoms with Gasteiger partial charge < -0.3 is 0 Å². The fourth-order valence-electron chi connectivity index (χ4n) is 2.55. The van der Waals surface area contributed by atoms with Crippen LogP contribution >= 0.6 is 11.6 Å². The molecular weight excluding hydrogens is 237 g/mol. The molecule has 1 nitrogen and oxygen atoms in total. The zero-order valence-corrected chi connectivity index (χ0v) is 10.8. The topological polar surface area (TPSA) is 3.24 Å². The zero-order valence-electron chi connectivity index (χ0n) is 10.0. The Morgan fingerprint density at radius 3 is 2.71 bits per heavy atom. The summed E-state index contributed by atoms with van der Waals surface area (Å²) in [6.07, 6.45) is 4.87. The van der Waals surface area contributed by atoms with Gasteiger partial charge in [0.2, 0.25) is 0 Å². The Labute approximate surface area is 108 Å². The van der Waals surface area contributed by atoms with Gasteiger partial charge in [0, 0.05) is 18.5 Å². The van der Waals surface area contributed by atoms with Crippen molar-refractivity contribution in [3.63, 3.8) is 0 Å². The zero-order chi connectivity index (χ0) is 12.1. The van der Waals surface area contributed by atoms with Crippen LogP contribution in [-0.4, -0.2) is 23.4 Å². The van der Waals surface area contributed by atoms with Crippen molar-refractivity contribution in [3.8, 4) is 0 Å². The minimum Gasteiger partial charge on any atom is -0.296 e. The van der Waals surface area contributed by atoms with Crippen LogP contribution in [-0.2, 0) is 6.54 Å². The van der Waals surface area contributed by atoms with E-state index >= 15 is 0 Å². The molecule has 0 aromatic heterocycles. The predicted molar refractivity (Wildman–Crippen MR) is 69.8 cm³/mol. The van der Waals surface area contributed by atoms with Gasteiger partial charge in [-0.25, -0.2) is 4.39 Å². The first-order valence-corrected chi connectivity index (χ1v) is 6.87. The third-order valence-corrected chi connectivity index (χ3v) is 3.71. The van der Waals surface area contributed by atoms with Crippen LogP contribution in [0.3, 0.4) is 0 Å². The SMILES string of the molecule is Fc1ccc(CN2CCCCC2CCCl)cc1. The Bertz CT molecular complexity index is 337. The van der Waals surface area contributed by atoms with Crippen molar-refractivity contribution in [1.29, 1.82) is 0 Å². The molecule has 1 unspecified atom stereocenters. The summed E-state index contributed by atoms with van der Waals surface area (Å²) in [5.74, 6) is 0.564. The molecule has 0 amide bonds. The van der Waals surface area contributed by atoms with Crippen LogP contribution in [0, 0.1) is 5.82 Å². The molecule has 1 fully saturated rings. The van der Waals surface area contributed by atoms with Gasteiger partial charge in [0.1, 0.15) is 5.82 Å². The van der Waals surface area contributed by atoms with Crippen molar-refractivity contribution < 1.29 is 4.39 Å². The van der Waals surface area contributed by atoms with Crippen molar-refractivity contribution in [1.82, 2.24) is 4.90 Å². The number of rotatable bonds is 4. The van der Waals surface area contributed by atoms with E-state index in [2.05, 4.69) is 4.90 Å². The second kappa shape index (κ2) is 6.36. The summed E-state index contributed by atoms with van der Waals surface area (Å²) in [4.78, 5) is 2.49. The Morgan fingerprint density at radius 1 is 1.24 bits per heavy atom. The highest BCUT2D eigenvalue weighted by molar-refractivity contribution is 6.17. The number of hydrogen-bond donors (Lipinski definition) is 0. The standard InChI is InChI=1S/C14H19ClFN/c15-9-8-14-3-1-2-10-17(14)11-12-4-6-13(16)7-5-12/h4-7,14H,1-3,8-11H2. The molecular formula is C14H19ClFN. The smallest absolute Gasteiger partial charge is 0.123 e. The van der Waals surface area contributed by atoms with E-state index in [1.54, 1.807) is 0 Å². The van der Waals surface area contributed by atoms with Gasteiger partial charge in [-0.15, -0.1) is 11.6 Å². The number of piperidine rings is 1. The number of benzene rings is 1. The molecule has 1 aliphatic rings. The van der Waals surface area contributed by atoms with Crippen LogP contribution in [0.5, 0.6) is 0 Å². The average molecular weight is 256 g/mol. The van der Waals surface area contributed by atoms with Crippen molar-refractivity contribution in [2.75, 3.05) is 12.4 Å². The van der Waals surface area contributed by atoms with E-state index in [4.69, 9.17) is 11.6 Å². The van der Waals surface area contributed by atoms with Gasteiger partial charge >= 0.3 is 0 Å². The minimum absolute atomic E-state index is 0.162. The van der Waals surface area contributed by atoms with Crippen LogP contribution in [0.4, 0.5) is 4.39 Å². The summed E-state index contributed by atoms with van der Waals surface area (Å²) in [6, 6.07) is 7.43. The summed E-state index contributed by atoms with van der Waals surface area (Å²) in [5, 5.41) is 0. The molecule has 3 heteroatoms. The molecule has 17 heavy (non-hydrogen) atoms. The van der Waals surface area contributed by atoms with Crippen LogP contribution in [0.15, 0.2) is 24.3 Å². The van der Waals surface area contributed by atoms with Gasteiger partial charge in [0.05, 0.1) is 0 Å². The van der Waals surface area contributed by atoms with Crippen molar-refractivity contribution in [2.24, 2.45) is 0 Å². The summed E-state index contributed by atoms with van der Waals surface area (Å²) in [6.45, 7) is 2.06. The lowest BCUT2D eigenvalue weighted by molar-refractivity contribution is 0.137. The molecule has 1 aliphatic heterocycles. The highest BCUT2D eigenvalue weighted by atomic mass is 35.5. The molecule has 0 spiro atoms. The molecule has 1 atom stereocenters. The Balaban J connectivity index is 1.97. The molecule has 0 N–H and O–H groups in total. The fraction of sp³-hybridized carbons (Fsp3) is 0.571. The van der Waals surface area contributed by atoms with Crippen LogP contribution in [0.2, 0.25) is 0 Å². The van der Waals surface area contributed by atoms with E-state index in [9.17, 15) is 4.39 Å². The maximum Gasteiger partial charge on any atom is 0.123 e. The Hall–Kier alpha value is -0.600. The quantitative estimate of drug-likeness (QED) is 0.740. The van der Waals surface area contributed by atoms with E-state index in [0.717, 1.165) is 25.4 Å². The molecule has 0 saturated carbocycles. The first kappa shape index (κ1) is 12.8. The van der Waals surface area contributed by atoms with E-state index < -0.39 is 0 Å². The lowest BCUT2D eigenvalue weighted by Crippen LogP contribution is -2.39. The number of nitrogens with zero attached hydrogens (tertiary/aromatic N) is 1. The van der Waals surface area contributed by atoms with Crippen LogP contribution in [0.1, 0.15) is 31.2 Å². The lowest BCUT2D eigenvalue weighted by atomic mass is 9.99. The molecule has 1 heterocycles. The van der Waals surface area contributed by atoms with Gasteiger partial charge in [-0.3, -0.25) is 4.90 Å². The molecule has 0 aliphatic carbocycles. The highest BCUT2D eigenvalue weighted by Crippen LogP contribution is 2.22. The summed E-state index contributed by atoms with van der Waals surface area (Å²) in [7, 11) is 0. The third kappa shape index (κ3) is 3.68. The van der Waals surface area contributed by atoms with Gasteiger partial charge in [-0.1, -0.05) is 18.6 Å². The van der Waals surface area contributed by atoms with E-state index in [1.807, 2.05) is 12.1 Å². The Morgan fingerprint density at radius 2 is 2.00 bits per heavy atom. The number of halogens is 2. The van der Waals surface area contributed by atoms with Crippen molar-refractivity contribution in [2.45, 2.75) is 38.3 Å². The predicted octanol–water partition coefficient (Wildman–Crippen LogP) is 3.81. The molecule has 0 bridgehead atoms. The number of alkyl halides is 1. The monoisotopic (exact) mass is 255 g/mol. The summed E-state index contributed by atoms with van der Waals surface area (Å²) < 4.78 is 12.8. The second-order valence-electron chi connectivity index (χ2n) is 4.72. The number of likely N-dealkylation sites (tertiary alicyclic amines) is 1. The first-order chi connectivity index (χ1) is 8.29. The largest absolute Gasteiger partial charge is 0.296 e. The molecule has 1 saturated heterocycles.